The van der Waals surface area contributed by atoms with Gasteiger partial charge in [0.05, 0.1) is 18.1 Å². The highest BCUT2D eigenvalue weighted by Gasteiger charge is 2.27. The van der Waals surface area contributed by atoms with E-state index in [0.717, 1.165) is 41.9 Å². The third-order valence-corrected chi connectivity index (χ3v) is 4.50. The lowest BCUT2D eigenvalue weighted by atomic mass is 9.94. The van der Waals surface area contributed by atoms with E-state index in [4.69, 9.17) is 21.3 Å². The van der Waals surface area contributed by atoms with E-state index in [2.05, 4.69) is 31.4 Å². The zero-order valence-corrected chi connectivity index (χ0v) is 13.5. The van der Waals surface area contributed by atoms with E-state index in [1.807, 2.05) is 12.1 Å². The Kier molecular flexibility index (Phi) is 4.59. The van der Waals surface area contributed by atoms with Gasteiger partial charge in [-0.15, -0.1) is 11.6 Å². The predicted molar refractivity (Wildman–Crippen MR) is 84.9 cm³/mol. The van der Waals surface area contributed by atoms with Crippen molar-refractivity contribution in [3.05, 3.63) is 24.0 Å². The van der Waals surface area contributed by atoms with Crippen molar-refractivity contribution in [2.45, 2.75) is 45.6 Å². The number of aryl methyl sites for hydroxylation is 1. The second-order valence-corrected chi connectivity index (χ2v) is 5.74. The second kappa shape index (κ2) is 6.04. The highest BCUT2D eigenvalue weighted by atomic mass is 35.5. The number of aromatic nitrogens is 2. The molecule has 0 saturated carbocycles. The van der Waals surface area contributed by atoms with E-state index in [9.17, 15) is 0 Å². The maximum atomic E-state index is 5.95. The number of imidazole rings is 1. The highest BCUT2D eigenvalue weighted by Crippen LogP contribution is 2.33. The summed E-state index contributed by atoms with van der Waals surface area (Å²) in [6.07, 6.45) is 2.90. The Hall–Kier alpha value is -1.22. The topological polar surface area (TPSA) is 27.1 Å². The van der Waals surface area contributed by atoms with E-state index < -0.39 is 0 Å². The fraction of sp³-hybridized carbons (Fsp3) is 0.562. The standard InChI is InChI=1S/C16H23ClN2O/c1-5-16(3,6-2)19-14-11-12(20-4)7-8-13(14)18-15(19)9-10-17/h7-8,11H,5-6,9-10H2,1-4H3. The number of halogens is 1. The smallest absolute Gasteiger partial charge is 0.121 e. The molecule has 0 amide bonds. The molecular formula is C16H23ClN2O. The first-order chi connectivity index (χ1) is 9.59. The third-order valence-electron chi connectivity index (χ3n) is 4.31. The summed E-state index contributed by atoms with van der Waals surface area (Å²) in [5, 5.41) is 0. The van der Waals surface area contributed by atoms with Gasteiger partial charge in [-0.25, -0.2) is 4.98 Å². The fourth-order valence-corrected chi connectivity index (χ4v) is 2.82. The minimum Gasteiger partial charge on any atom is -0.497 e. The van der Waals surface area contributed by atoms with Crippen LogP contribution in [-0.2, 0) is 12.0 Å². The summed E-state index contributed by atoms with van der Waals surface area (Å²) in [6.45, 7) is 6.73. The molecule has 0 saturated heterocycles. The Labute approximate surface area is 125 Å². The first-order valence-electron chi connectivity index (χ1n) is 7.21. The van der Waals surface area contributed by atoms with Crippen molar-refractivity contribution in [1.29, 1.82) is 0 Å². The largest absolute Gasteiger partial charge is 0.497 e. The summed E-state index contributed by atoms with van der Waals surface area (Å²) in [6, 6.07) is 6.05. The molecule has 2 aromatic rings. The molecule has 1 aromatic heterocycles. The predicted octanol–water partition coefficient (Wildman–Crippen LogP) is 4.36. The van der Waals surface area contributed by atoms with Gasteiger partial charge in [0, 0.05) is 23.9 Å². The van der Waals surface area contributed by atoms with Crippen LogP contribution in [-0.4, -0.2) is 22.5 Å². The SMILES string of the molecule is CCC(C)(CC)n1c(CCCl)nc2ccc(OC)cc21. The van der Waals surface area contributed by atoms with E-state index in [1.54, 1.807) is 7.11 Å². The Morgan fingerprint density at radius 1 is 1.30 bits per heavy atom. The molecule has 110 valence electrons. The molecule has 0 aliphatic carbocycles. The van der Waals surface area contributed by atoms with Crippen molar-refractivity contribution in [2.75, 3.05) is 13.0 Å². The van der Waals surface area contributed by atoms with Crippen molar-refractivity contribution in [3.63, 3.8) is 0 Å². The number of hydrogen-bond donors (Lipinski definition) is 0. The molecule has 0 fully saturated rings. The van der Waals surface area contributed by atoms with Gasteiger partial charge in [-0.2, -0.15) is 0 Å². The number of fused-ring (bicyclic) bond motifs is 1. The number of alkyl halides is 1. The van der Waals surface area contributed by atoms with E-state index >= 15 is 0 Å². The maximum Gasteiger partial charge on any atom is 0.121 e. The van der Waals surface area contributed by atoms with Gasteiger partial charge in [0.25, 0.3) is 0 Å². The monoisotopic (exact) mass is 294 g/mol. The lowest BCUT2D eigenvalue weighted by Gasteiger charge is -2.31. The molecule has 0 N–H and O–H groups in total. The average molecular weight is 295 g/mol. The molecule has 1 heterocycles. The average Bonchev–Trinajstić information content (AvgIpc) is 2.84. The number of rotatable bonds is 6. The first-order valence-corrected chi connectivity index (χ1v) is 7.75. The summed E-state index contributed by atoms with van der Waals surface area (Å²) in [4.78, 5) is 4.76. The van der Waals surface area contributed by atoms with Gasteiger partial charge >= 0.3 is 0 Å². The molecule has 0 aliphatic heterocycles. The maximum absolute atomic E-state index is 5.95. The zero-order valence-electron chi connectivity index (χ0n) is 12.7. The van der Waals surface area contributed by atoms with Gasteiger partial charge in [-0.05, 0) is 31.9 Å². The van der Waals surface area contributed by atoms with Gasteiger partial charge in [0.2, 0.25) is 0 Å². The van der Waals surface area contributed by atoms with Crippen molar-refractivity contribution < 1.29 is 4.74 Å². The molecule has 0 spiro atoms. The van der Waals surface area contributed by atoms with Crippen LogP contribution < -0.4 is 4.74 Å². The molecule has 0 radical (unpaired) electrons. The van der Waals surface area contributed by atoms with Gasteiger partial charge in [-0.3, -0.25) is 0 Å². The minimum atomic E-state index is 0.0580. The molecule has 2 rings (SSSR count). The van der Waals surface area contributed by atoms with Crippen LogP contribution in [0.2, 0.25) is 0 Å². The van der Waals surface area contributed by atoms with Crippen LogP contribution in [0.1, 0.15) is 39.4 Å². The van der Waals surface area contributed by atoms with E-state index in [-0.39, 0.29) is 5.54 Å². The fourth-order valence-electron chi connectivity index (χ4n) is 2.65. The minimum absolute atomic E-state index is 0.0580. The molecule has 0 aliphatic rings. The Morgan fingerprint density at radius 3 is 2.55 bits per heavy atom. The second-order valence-electron chi connectivity index (χ2n) is 5.36. The molecule has 20 heavy (non-hydrogen) atoms. The summed E-state index contributed by atoms with van der Waals surface area (Å²) in [7, 11) is 1.69. The van der Waals surface area contributed by atoms with Crippen LogP contribution >= 0.6 is 11.6 Å². The quantitative estimate of drug-likeness (QED) is 0.740. The van der Waals surface area contributed by atoms with E-state index in [0.29, 0.717) is 5.88 Å². The first kappa shape index (κ1) is 15.2. The number of nitrogens with zero attached hydrogens (tertiary/aromatic N) is 2. The molecule has 3 nitrogen and oxygen atoms in total. The third kappa shape index (κ3) is 2.51. The number of methoxy groups -OCH3 is 1. The number of hydrogen-bond acceptors (Lipinski definition) is 2. The van der Waals surface area contributed by atoms with Gasteiger partial charge in [0.15, 0.2) is 0 Å². The van der Waals surface area contributed by atoms with Crippen molar-refractivity contribution in [3.8, 4) is 5.75 Å². The van der Waals surface area contributed by atoms with Crippen LogP contribution in [0.15, 0.2) is 18.2 Å². The van der Waals surface area contributed by atoms with Crippen molar-refractivity contribution in [1.82, 2.24) is 9.55 Å². The Bertz CT molecular complexity index is 587. The molecular weight excluding hydrogens is 272 g/mol. The molecule has 0 atom stereocenters. The summed E-state index contributed by atoms with van der Waals surface area (Å²) in [5.41, 5.74) is 2.21. The van der Waals surface area contributed by atoms with Crippen LogP contribution in [0.25, 0.3) is 11.0 Å². The van der Waals surface area contributed by atoms with Crippen LogP contribution in [0.3, 0.4) is 0 Å². The molecule has 4 heteroatoms. The highest BCUT2D eigenvalue weighted by molar-refractivity contribution is 6.17. The normalized spacial score (nSPS) is 12.1. The van der Waals surface area contributed by atoms with Crippen LogP contribution in [0, 0.1) is 0 Å². The van der Waals surface area contributed by atoms with Crippen LogP contribution in [0.5, 0.6) is 5.75 Å². The summed E-state index contributed by atoms with van der Waals surface area (Å²) >= 11 is 5.95. The molecule has 0 bridgehead atoms. The van der Waals surface area contributed by atoms with Gasteiger partial charge in [-0.1, -0.05) is 13.8 Å². The van der Waals surface area contributed by atoms with Crippen LogP contribution in [0.4, 0.5) is 0 Å². The summed E-state index contributed by atoms with van der Waals surface area (Å²) in [5.74, 6) is 2.52. The summed E-state index contributed by atoms with van der Waals surface area (Å²) < 4.78 is 7.71. The lowest BCUT2D eigenvalue weighted by Crippen LogP contribution is -2.30. The molecule has 1 aromatic carbocycles. The van der Waals surface area contributed by atoms with Crippen molar-refractivity contribution in [2.24, 2.45) is 0 Å². The van der Waals surface area contributed by atoms with E-state index in [1.165, 1.54) is 0 Å². The van der Waals surface area contributed by atoms with Gasteiger partial charge < -0.3 is 9.30 Å². The van der Waals surface area contributed by atoms with Gasteiger partial charge in [0.1, 0.15) is 11.6 Å². The lowest BCUT2D eigenvalue weighted by molar-refractivity contribution is 0.294. The molecule has 0 unspecified atom stereocenters. The number of ether oxygens (including phenoxy) is 1. The zero-order chi connectivity index (χ0) is 14.8. The Balaban J connectivity index is 2.71. The number of benzene rings is 1. The van der Waals surface area contributed by atoms with Crippen molar-refractivity contribution >= 4 is 22.6 Å². The Morgan fingerprint density at radius 2 is 2.00 bits per heavy atom.